The van der Waals surface area contributed by atoms with Crippen LogP contribution in [0.15, 0.2) is 18.2 Å². The van der Waals surface area contributed by atoms with Crippen molar-refractivity contribution in [1.82, 2.24) is 9.80 Å². The van der Waals surface area contributed by atoms with Crippen molar-refractivity contribution in [3.8, 4) is 5.75 Å². The topological polar surface area (TPSA) is 131 Å². The Hall–Kier alpha value is -3.30. The molecule has 1 aromatic carbocycles. The van der Waals surface area contributed by atoms with E-state index in [9.17, 15) is 19.2 Å². The minimum atomic E-state index is -1.45. The number of ether oxygens (including phenoxy) is 2. The maximum absolute atomic E-state index is 13.8. The van der Waals surface area contributed by atoms with E-state index < -0.39 is 47.1 Å². The zero-order chi connectivity index (χ0) is 25.7. The summed E-state index contributed by atoms with van der Waals surface area (Å²) < 4.78 is 11.6. The first-order valence-corrected chi connectivity index (χ1v) is 12.0. The Labute approximate surface area is 205 Å². The third kappa shape index (κ3) is 5.06. The second kappa shape index (κ2) is 8.73. The van der Waals surface area contributed by atoms with Crippen molar-refractivity contribution in [3.05, 3.63) is 23.8 Å². The van der Waals surface area contributed by atoms with Gasteiger partial charge in [0, 0.05) is 13.5 Å². The first kappa shape index (κ1) is 24.8. The van der Waals surface area contributed by atoms with E-state index in [1.807, 2.05) is 13.0 Å². The van der Waals surface area contributed by atoms with E-state index in [2.05, 4.69) is 5.32 Å². The van der Waals surface area contributed by atoms with Crippen LogP contribution < -0.4 is 15.8 Å². The van der Waals surface area contributed by atoms with E-state index in [4.69, 9.17) is 15.2 Å². The second-order valence-electron chi connectivity index (χ2n) is 10.9. The Morgan fingerprint density at radius 1 is 1.31 bits per heavy atom. The molecule has 4 rings (SSSR count). The van der Waals surface area contributed by atoms with Gasteiger partial charge in [0.05, 0.1) is 12.2 Å². The molecule has 0 aromatic heterocycles. The highest BCUT2D eigenvalue weighted by atomic mass is 16.6. The van der Waals surface area contributed by atoms with Gasteiger partial charge in [-0.25, -0.2) is 4.79 Å². The number of hydrogen-bond donors (Lipinski definition) is 2. The molecule has 3 atom stereocenters. The molecular weight excluding hydrogens is 452 g/mol. The van der Waals surface area contributed by atoms with Gasteiger partial charge < -0.3 is 25.4 Å². The van der Waals surface area contributed by atoms with E-state index >= 15 is 0 Å². The fourth-order valence-corrected chi connectivity index (χ4v) is 4.65. The van der Waals surface area contributed by atoms with Gasteiger partial charge in [-0.05, 0) is 57.7 Å². The number of rotatable bonds is 5. The fourth-order valence-electron chi connectivity index (χ4n) is 4.65. The molecule has 1 aliphatic carbocycles. The van der Waals surface area contributed by atoms with Gasteiger partial charge >= 0.3 is 6.09 Å². The molecule has 2 aliphatic heterocycles. The first-order chi connectivity index (χ1) is 16.3. The molecule has 2 fully saturated rings. The van der Waals surface area contributed by atoms with Crippen LogP contribution in [0, 0.1) is 12.8 Å². The third-order valence-electron chi connectivity index (χ3n) is 6.73. The van der Waals surface area contributed by atoms with Crippen molar-refractivity contribution < 1.29 is 28.7 Å². The van der Waals surface area contributed by atoms with E-state index in [1.54, 1.807) is 32.9 Å². The molecule has 3 aliphatic rings. The van der Waals surface area contributed by atoms with Crippen molar-refractivity contribution in [3.63, 3.8) is 0 Å². The zero-order valence-electron chi connectivity index (χ0n) is 20.9. The lowest BCUT2D eigenvalue weighted by atomic mass is 9.96. The molecule has 10 heteroatoms. The minimum Gasteiger partial charge on any atom is -0.473 e. The van der Waals surface area contributed by atoms with Crippen molar-refractivity contribution in [2.45, 2.75) is 76.7 Å². The van der Waals surface area contributed by atoms with E-state index in [0.717, 1.165) is 18.4 Å². The van der Waals surface area contributed by atoms with Gasteiger partial charge in [-0.3, -0.25) is 19.3 Å². The van der Waals surface area contributed by atoms with Crippen molar-refractivity contribution >= 4 is 29.5 Å². The van der Waals surface area contributed by atoms with E-state index in [1.165, 1.54) is 16.8 Å². The second-order valence-corrected chi connectivity index (χ2v) is 10.9. The van der Waals surface area contributed by atoms with Crippen molar-refractivity contribution in [2.24, 2.45) is 11.7 Å². The highest BCUT2D eigenvalue weighted by molar-refractivity contribution is 6.03. The normalized spacial score (nSPS) is 24.3. The number of benzene rings is 1. The van der Waals surface area contributed by atoms with Crippen LogP contribution in [0.1, 0.15) is 52.0 Å². The van der Waals surface area contributed by atoms with Crippen LogP contribution in [0.2, 0.25) is 0 Å². The number of likely N-dealkylation sites (N-methyl/N-ethyl adjacent to an activating group) is 1. The molecule has 1 saturated carbocycles. The summed E-state index contributed by atoms with van der Waals surface area (Å²) in [6.45, 7) is 7.01. The summed E-state index contributed by atoms with van der Waals surface area (Å²) in [6.07, 6.45) is 1.68. The van der Waals surface area contributed by atoms with Crippen LogP contribution in [-0.4, -0.2) is 70.5 Å². The lowest BCUT2D eigenvalue weighted by Crippen LogP contribution is -2.56. The number of likely N-dealkylation sites (tertiary alicyclic amines) is 1. The predicted octanol–water partition coefficient (Wildman–Crippen LogP) is 2.19. The number of aryl methyl sites for hydroxylation is 1. The molecule has 10 nitrogen and oxygen atoms in total. The number of carbonyl (C=O) groups excluding carboxylic acids is 4. The van der Waals surface area contributed by atoms with Gasteiger partial charge in [0.25, 0.3) is 5.91 Å². The Morgan fingerprint density at radius 2 is 2.00 bits per heavy atom. The fraction of sp³-hybridized carbons (Fsp3) is 0.600. The number of nitrogens with two attached hydrogens (primary N) is 1. The summed E-state index contributed by atoms with van der Waals surface area (Å²) in [5, 5.41) is 2.84. The summed E-state index contributed by atoms with van der Waals surface area (Å²) >= 11 is 0. The summed E-state index contributed by atoms with van der Waals surface area (Å²) in [7, 11) is 1.52. The Bertz CT molecular complexity index is 1060. The molecule has 1 saturated heterocycles. The van der Waals surface area contributed by atoms with Gasteiger partial charge in [0.15, 0.2) is 0 Å². The van der Waals surface area contributed by atoms with Crippen LogP contribution in [0.3, 0.4) is 0 Å². The SMILES string of the molecule is Cc1ccc2c(c1)OC1(C[C@@H](C(N)=O)N(C(=O)[C@H](CC3CC3)N(C)C(=O)OC(C)(C)C)C1)C(=O)N2. The van der Waals surface area contributed by atoms with Crippen LogP contribution in [0.5, 0.6) is 5.75 Å². The Balaban J connectivity index is 1.62. The largest absolute Gasteiger partial charge is 0.473 e. The number of fused-ring (bicyclic) bond motifs is 1. The van der Waals surface area contributed by atoms with Crippen LogP contribution in [-0.2, 0) is 19.1 Å². The number of amides is 4. The third-order valence-corrected chi connectivity index (χ3v) is 6.73. The Kier molecular flexibility index (Phi) is 6.19. The zero-order valence-corrected chi connectivity index (χ0v) is 20.9. The molecule has 3 N–H and O–H groups in total. The van der Waals surface area contributed by atoms with Crippen LogP contribution in [0.4, 0.5) is 10.5 Å². The van der Waals surface area contributed by atoms with Crippen LogP contribution >= 0.6 is 0 Å². The Morgan fingerprint density at radius 3 is 2.60 bits per heavy atom. The lowest BCUT2D eigenvalue weighted by molar-refractivity contribution is -0.142. The number of nitrogens with one attached hydrogen (secondary N) is 1. The van der Waals surface area contributed by atoms with Gasteiger partial charge in [-0.2, -0.15) is 0 Å². The van der Waals surface area contributed by atoms with Crippen molar-refractivity contribution in [1.29, 1.82) is 0 Å². The highest BCUT2D eigenvalue weighted by Gasteiger charge is 2.57. The number of carbonyl (C=O) groups is 4. The molecule has 0 radical (unpaired) electrons. The average molecular weight is 487 g/mol. The lowest BCUT2D eigenvalue weighted by Gasteiger charge is -2.36. The number of hydrogen-bond acceptors (Lipinski definition) is 6. The van der Waals surface area contributed by atoms with Gasteiger partial charge in [0.1, 0.15) is 23.4 Å². The number of primary amides is 1. The molecule has 1 spiro atoms. The maximum Gasteiger partial charge on any atom is 0.410 e. The predicted molar refractivity (Wildman–Crippen MR) is 128 cm³/mol. The van der Waals surface area contributed by atoms with E-state index in [0.29, 0.717) is 23.8 Å². The smallest absolute Gasteiger partial charge is 0.410 e. The average Bonchev–Trinajstić information content (AvgIpc) is 3.49. The van der Waals surface area contributed by atoms with Gasteiger partial charge in [-0.15, -0.1) is 0 Å². The molecule has 0 bridgehead atoms. The van der Waals surface area contributed by atoms with Crippen molar-refractivity contribution in [2.75, 3.05) is 18.9 Å². The molecule has 190 valence electrons. The molecule has 2 heterocycles. The maximum atomic E-state index is 13.8. The van der Waals surface area contributed by atoms with Crippen LogP contribution in [0.25, 0.3) is 0 Å². The van der Waals surface area contributed by atoms with Gasteiger partial charge in [0.2, 0.25) is 17.4 Å². The van der Waals surface area contributed by atoms with E-state index in [-0.39, 0.29) is 13.0 Å². The monoisotopic (exact) mass is 486 g/mol. The first-order valence-electron chi connectivity index (χ1n) is 12.0. The molecule has 1 aromatic rings. The number of anilines is 1. The molecule has 35 heavy (non-hydrogen) atoms. The summed E-state index contributed by atoms with van der Waals surface area (Å²) in [5.41, 5.74) is 4.97. The number of nitrogens with zero attached hydrogens (tertiary/aromatic N) is 2. The summed E-state index contributed by atoms with van der Waals surface area (Å²) in [6, 6.07) is 3.50. The summed E-state index contributed by atoms with van der Waals surface area (Å²) in [4.78, 5) is 54.8. The quantitative estimate of drug-likeness (QED) is 0.656. The molecular formula is C25H34N4O6. The molecule has 1 unspecified atom stereocenters. The van der Waals surface area contributed by atoms with Gasteiger partial charge in [-0.1, -0.05) is 18.9 Å². The molecule has 4 amide bonds. The standard InChI is InChI=1S/C25H34N4O6/c1-14-6-9-16-19(10-14)34-25(22(32)27-16)12-18(20(26)30)29(13-25)21(31)17(11-15-7-8-15)28(5)23(33)35-24(2,3)4/h6,9-10,15,17-18H,7-8,11-13H2,1-5H3,(H2,26,30)(H,27,32)/t17-,18-,25?/m0/s1. The highest BCUT2D eigenvalue weighted by Crippen LogP contribution is 2.42. The summed E-state index contributed by atoms with van der Waals surface area (Å²) in [5.74, 6) is -0.831. The minimum absolute atomic E-state index is 0.0699.